The van der Waals surface area contributed by atoms with Crippen LogP contribution < -0.4 is 0 Å². The molecule has 1 heteroatoms. The van der Waals surface area contributed by atoms with E-state index in [1.54, 1.807) is 6.21 Å². The lowest BCUT2D eigenvalue weighted by Crippen LogP contribution is -1.60. The summed E-state index contributed by atoms with van der Waals surface area (Å²) in [6.45, 7) is 13.5. The van der Waals surface area contributed by atoms with Gasteiger partial charge in [-0.05, 0) is 34.6 Å². The monoisotopic (exact) mass is 153 g/mol. The van der Waals surface area contributed by atoms with E-state index in [2.05, 4.69) is 31.5 Å². The fraction of sp³-hybridized carbons (Fsp3) is 0.500. The van der Waals surface area contributed by atoms with Crippen molar-refractivity contribution in [2.45, 2.75) is 34.6 Å². The molecule has 11 heavy (non-hydrogen) atoms. The van der Waals surface area contributed by atoms with E-state index < -0.39 is 0 Å². The molecule has 0 aromatic carbocycles. The average molecular weight is 153 g/mol. The molecule has 0 fully saturated rings. The van der Waals surface area contributed by atoms with E-state index in [-0.39, 0.29) is 0 Å². The highest BCUT2D eigenvalue weighted by Gasteiger charge is 1.64. The molecular weight excluding hydrogens is 134 g/mol. The summed E-state index contributed by atoms with van der Waals surface area (Å²) in [7, 11) is 0. The molecule has 0 bridgehead atoms. The van der Waals surface area contributed by atoms with Crippen LogP contribution in [-0.2, 0) is 0 Å². The molecule has 1 nitrogen and oxygen atoms in total. The van der Waals surface area contributed by atoms with Crippen molar-refractivity contribution >= 4 is 6.21 Å². The van der Waals surface area contributed by atoms with Crippen LogP contribution in [0.15, 0.2) is 28.9 Å². The first-order valence-corrected chi connectivity index (χ1v) is 3.78. The van der Waals surface area contributed by atoms with Gasteiger partial charge in [-0.1, -0.05) is 18.2 Å². The average Bonchev–Trinajstić information content (AvgIpc) is 1.89. The van der Waals surface area contributed by atoms with Crippen molar-refractivity contribution in [3.05, 3.63) is 23.9 Å². The fourth-order valence-corrected chi connectivity index (χ4v) is 0.220. The van der Waals surface area contributed by atoms with E-state index in [1.807, 2.05) is 20.8 Å². The summed E-state index contributed by atoms with van der Waals surface area (Å²) in [5.74, 6) is 0. The molecule has 0 saturated heterocycles. The second kappa shape index (κ2) is 9.15. The third-order valence-electron chi connectivity index (χ3n) is 0.927. The molecule has 0 radical (unpaired) electrons. The minimum atomic E-state index is 0.859. The summed E-state index contributed by atoms with van der Waals surface area (Å²) in [6, 6.07) is 0. The van der Waals surface area contributed by atoms with Crippen molar-refractivity contribution in [3.8, 4) is 0 Å². The van der Waals surface area contributed by atoms with Gasteiger partial charge in [0.2, 0.25) is 0 Å². The number of hydrogen-bond acceptors (Lipinski definition) is 1. The smallest absolute Gasteiger partial charge is 0.0296 e. The number of hydrogen-bond donors (Lipinski definition) is 0. The SMILES string of the molecule is C=C(C)N=CC.CC=C(C)C. The minimum absolute atomic E-state index is 0.859. The predicted molar refractivity (Wildman–Crippen MR) is 54.1 cm³/mol. The van der Waals surface area contributed by atoms with Gasteiger partial charge >= 0.3 is 0 Å². The molecule has 0 unspecified atom stereocenters. The largest absolute Gasteiger partial charge is 0.267 e. The minimum Gasteiger partial charge on any atom is -0.267 e. The van der Waals surface area contributed by atoms with E-state index in [0.29, 0.717) is 0 Å². The van der Waals surface area contributed by atoms with E-state index >= 15 is 0 Å². The lowest BCUT2D eigenvalue weighted by molar-refractivity contribution is 1.34. The molecule has 0 aromatic heterocycles. The van der Waals surface area contributed by atoms with Crippen molar-refractivity contribution in [3.63, 3.8) is 0 Å². The third kappa shape index (κ3) is 27.2. The van der Waals surface area contributed by atoms with Crippen molar-refractivity contribution in [1.29, 1.82) is 0 Å². The molecule has 0 N–H and O–H groups in total. The molecule has 64 valence electrons. The maximum atomic E-state index is 3.81. The van der Waals surface area contributed by atoms with Gasteiger partial charge in [0.25, 0.3) is 0 Å². The first-order chi connectivity index (χ1) is 5.04. The molecule has 0 aromatic rings. The Hall–Kier alpha value is -0.850. The Kier molecular flexibility index (Phi) is 10.6. The molecule has 0 aliphatic heterocycles. The molecule has 0 aliphatic rings. The molecule has 0 spiro atoms. The van der Waals surface area contributed by atoms with Gasteiger partial charge in [0.1, 0.15) is 0 Å². The first kappa shape index (κ1) is 12.8. The predicted octanol–water partition coefficient (Wildman–Crippen LogP) is 3.58. The Bertz CT molecular complexity index is 148. The van der Waals surface area contributed by atoms with Crippen LogP contribution in [0.1, 0.15) is 34.6 Å². The highest BCUT2D eigenvalue weighted by atomic mass is 14.7. The lowest BCUT2D eigenvalue weighted by atomic mass is 10.3. The van der Waals surface area contributed by atoms with Crippen LogP contribution in [0.3, 0.4) is 0 Å². The highest BCUT2D eigenvalue weighted by molar-refractivity contribution is 5.54. The Morgan fingerprint density at radius 1 is 1.18 bits per heavy atom. The van der Waals surface area contributed by atoms with Crippen LogP contribution in [0.2, 0.25) is 0 Å². The zero-order valence-corrected chi connectivity index (χ0v) is 8.31. The molecule has 0 heterocycles. The molecule has 0 saturated carbocycles. The van der Waals surface area contributed by atoms with Crippen molar-refractivity contribution in [1.82, 2.24) is 0 Å². The van der Waals surface area contributed by atoms with Crippen LogP contribution in [0.5, 0.6) is 0 Å². The van der Waals surface area contributed by atoms with Crippen LogP contribution in [0.4, 0.5) is 0 Å². The van der Waals surface area contributed by atoms with Gasteiger partial charge in [0, 0.05) is 11.9 Å². The van der Waals surface area contributed by atoms with E-state index in [4.69, 9.17) is 0 Å². The Morgan fingerprint density at radius 2 is 1.55 bits per heavy atom. The highest BCUT2D eigenvalue weighted by Crippen LogP contribution is 1.83. The summed E-state index contributed by atoms with van der Waals surface area (Å²) in [5.41, 5.74) is 2.24. The van der Waals surface area contributed by atoms with Crippen molar-refractivity contribution in [2.24, 2.45) is 4.99 Å². The molecule has 0 atom stereocenters. The second-order valence-corrected chi connectivity index (χ2v) is 2.49. The van der Waals surface area contributed by atoms with Crippen LogP contribution >= 0.6 is 0 Å². The fourth-order valence-electron chi connectivity index (χ4n) is 0.220. The summed E-state index contributed by atoms with van der Waals surface area (Å²) >= 11 is 0. The van der Waals surface area contributed by atoms with Gasteiger partial charge in [0.15, 0.2) is 0 Å². The van der Waals surface area contributed by atoms with E-state index in [1.165, 1.54) is 5.57 Å². The van der Waals surface area contributed by atoms with Gasteiger partial charge in [0.05, 0.1) is 0 Å². The van der Waals surface area contributed by atoms with Crippen molar-refractivity contribution in [2.75, 3.05) is 0 Å². The zero-order chi connectivity index (χ0) is 9.28. The summed E-state index contributed by atoms with van der Waals surface area (Å²) in [5, 5.41) is 0. The Labute approximate surface area is 70.5 Å². The quantitative estimate of drug-likeness (QED) is 0.403. The van der Waals surface area contributed by atoms with Gasteiger partial charge in [-0.3, -0.25) is 4.99 Å². The molecular formula is C10H19N. The number of aliphatic imine (C=N–C) groups is 1. The molecule has 0 rings (SSSR count). The number of rotatable bonds is 1. The second-order valence-electron chi connectivity index (χ2n) is 2.49. The number of allylic oxidation sites excluding steroid dienone is 3. The maximum absolute atomic E-state index is 3.81. The van der Waals surface area contributed by atoms with Crippen LogP contribution in [0.25, 0.3) is 0 Å². The summed E-state index contributed by atoms with van der Waals surface area (Å²) in [4.78, 5) is 3.81. The zero-order valence-electron chi connectivity index (χ0n) is 8.31. The summed E-state index contributed by atoms with van der Waals surface area (Å²) in [6.07, 6.45) is 3.81. The third-order valence-corrected chi connectivity index (χ3v) is 0.927. The summed E-state index contributed by atoms with van der Waals surface area (Å²) < 4.78 is 0. The Balaban J connectivity index is 0. The first-order valence-electron chi connectivity index (χ1n) is 3.78. The van der Waals surface area contributed by atoms with E-state index in [9.17, 15) is 0 Å². The normalized spacial score (nSPS) is 8.45. The maximum Gasteiger partial charge on any atom is 0.0296 e. The topological polar surface area (TPSA) is 12.4 Å². The lowest BCUT2D eigenvalue weighted by Gasteiger charge is -1.77. The van der Waals surface area contributed by atoms with Crippen LogP contribution in [0, 0.1) is 0 Å². The van der Waals surface area contributed by atoms with Gasteiger partial charge in [-0.2, -0.15) is 0 Å². The van der Waals surface area contributed by atoms with Crippen molar-refractivity contribution < 1.29 is 0 Å². The Morgan fingerprint density at radius 3 is 1.55 bits per heavy atom. The molecule has 0 amide bonds. The van der Waals surface area contributed by atoms with Crippen LogP contribution in [-0.4, -0.2) is 6.21 Å². The van der Waals surface area contributed by atoms with E-state index in [0.717, 1.165) is 5.70 Å². The van der Waals surface area contributed by atoms with Gasteiger partial charge in [-0.15, -0.1) is 0 Å². The van der Waals surface area contributed by atoms with Gasteiger partial charge < -0.3 is 0 Å². The van der Waals surface area contributed by atoms with Gasteiger partial charge in [-0.25, -0.2) is 0 Å². The number of nitrogens with zero attached hydrogens (tertiary/aromatic N) is 1. The standard InChI is InChI=1S/C5H9N.C5H10/c1-4-6-5(2)3;1-4-5(2)3/h4H,2H2,1,3H3;4H,1-3H3. The molecule has 0 aliphatic carbocycles.